The number of rotatable bonds is 3. The van der Waals surface area contributed by atoms with Gasteiger partial charge in [-0.3, -0.25) is 0 Å². The van der Waals surface area contributed by atoms with Crippen LogP contribution >= 0.6 is 15.9 Å². The lowest BCUT2D eigenvalue weighted by atomic mass is 9.92. The normalized spacial score (nSPS) is 12.5. The molecule has 1 atom stereocenters. The van der Waals surface area contributed by atoms with Gasteiger partial charge in [0.2, 0.25) is 0 Å². The van der Waals surface area contributed by atoms with Gasteiger partial charge < -0.3 is 5.11 Å². The predicted octanol–water partition coefficient (Wildman–Crippen LogP) is 4.79. The molecule has 2 aromatic carbocycles. The number of aryl methyl sites for hydroxylation is 3. The standard InChI is InChI=1S/C17H18BrFO/c1-10-6-11(2)17(12(3)7-10)16(20)9-13-8-14(18)4-5-15(13)19/h4-8,16,20H,9H2,1-3H3. The van der Waals surface area contributed by atoms with Crippen LogP contribution in [0.25, 0.3) is 0 Å². The van der Waals surface area contributed by atoms with E-state index in [2.05, 4.69) is 15.9 Å². The summed E-state index contributed by atoms with van der Waals surface area (Å²) in [5.74, 6) is -0.283. The zero-order valence-corrected chi connectivity index (χ0v) is 13.5. The molecule has 0 saturated heterocycles. The molecule has 0 aliphatic heterocycles. The fourth-order valence-corrected chi connectivity index (χ4v) is 3.14. The molecule has 2 rings (SSSR count). The monoisotopic (exact) mass is 336 g/mol. The summed E-state index contributed by atoms with van der Waals surface area (Å²) >= 11 is 3.33. The maximum Gasteiger partial charge on any atom is 0.126 e. The molecule has 0 saturated carbocycles. The van der Waals surface area contributed by atoms with Crippen molar-refractivity contribution in [2.75, 3.05) is 0 Å². The molecule has 20 heavy (non-hydrogen) atoms. The van der Waals surface area contributed by atoms with Crippen LogP contribution in [0.4, 0.5) is 4.39 Å². The topological polar surface area (TPSA) is 20.2 Å². The van der Waals surface area contributed by atoms with Crippen LogP contribution in [0.3, 0.4) is 0 Å². The third-order valence-corrected chi connectivity index (χ3v) is 3.99. The van der Waals surface area contributed by atoms with E-state index in [4.69, 9.17) is 0 Å². The Morgan fingerprint density at radius 2 is 1.70 bits per heavy atom. The van der Waals surface area contributed by atoms with Gasteiger partial charge in [-0.15, -0.1) is 0 Å². The van der Waals surface area contributed by atoms with E-state index in [1.165, 1.54) is 11.6 Å². The minimum Gasteiger partial charge on any atom is -0.388 e. The van der Waals surface area contributed by atoms with Crippen LogP contribution in [0, 0.1) is 26.6 Å². The number of aliphatic hydroxyl groups is 1. The third kappa shape index (κ3) is 3.28. The Morgan fingerprint density at radius 3 is 2.30 bits per heavy atom. The SMILES string of the molecule is Cc1cc(C)c(C(O)Cc2cc(Br)ccc2F)c(C)c1. The Balaban J connectivity index is 2.33. The lowest BCUT2D eigenvalue weighted by Gasteiger charge is -2.18. The van der Waals surface area contributed by atoms with Crippen molar-refractivity contribution in [3.8, 4) is 0 Å². The summed E-state index contributed by atoms with van der Waals surface area (Å²) in [5, 5.41) is 10.5. The van der Waals surface area contributed by atoms with E-state index in [1.807, 2.05) is 32.9 Å². The average Bonchev–Trinajstić information content (AvgIpc) is 2.32. The molecule has 0 aromatic heterocycles. The lowest BCUT2D eigenvalue weighted by molar-refractivity contribution is 0.175. The highest BCUT2D eigenvalue weighted by Crippen LogP contribution is 2.28. The summed E-state index contributed by atoms with van der Waals surface area (Å²) in [5.41, 5.74) is 4.68. The van der Waals surface area contributed by atoms with Gasteiger partial charge >= 0.3 is 0 Å². The van der Waals surface area contributed by atoms with Crippen LogP contribution in [0.2, 0.25) is 0 Å². The summed E-state index contributed by atoms with van der Waals surface area (Å²) in [4.78, 5) is 0. The summed E-state index contributed by atoms with van der Waals surface area (Å²) in [6.07, 6.45) is -0.421. The first kappa shape index (κ1) is 15.2. The first-order chi connectivity index (χ1) is 9.38. The quantitative estimate of drug-likeness (QED) is 0.854. The second-order valence-corrected chi connectivity index (χ2v) is 6.18. The molecule has 0 radical (unpaired) electrons. The molecular weight excluding hydrogens is 319 g/mol. The van der Waals surface area contributed by atoms with Gasteiger partial charge in [0.25, 0.3) is 0 Å². The number of benzene rings is 2. The van der Waals surface area contributed by atoms with Crippen LogP contribution in [0.15, 0.2) is 34.8 Å². The second-order valence-electron chi connectivity index (χ2n) is 5.27. The van der Waals surface area contributed by atoms with Crippen molar-refractivity contribution in [3.63, 3.8) is 0 Å². The first-order valence-electron chi connectivity index (χ1n) is 6.58. The molecule has 0 spiro atoms. The van der Waals surface area contributed by atoms with E-state index < -0.39 is 6.10 Å². The van der Waals surface area contributed by atoms with Crippen LogP contribution in [0.5, 0.6) is 0 Å². The molecular formula is C17H18BrFO. The maximum absolute atomic E-state index is 13.8. The molecule has 0 heterocycles. The third-order valence-electron chi connectivity index (χ3n) is 3.49. The molecule has 1 N–H and O–H groups in total. The van der Waals surface area contributed by atoms with Crippen molar-refractivity contribution in [3.05, 3.63) is 68.4 Å². The smallest absolute Gasteiger partial charge is 0.126 e. The Hall–Kier alpha value is -1.19. The van der Waals surface area contributed by atoms with Crippen LogP contribution in [-0.2, 0) is 6.42 Å². The Morgan fingerprint density at radius 1 is 1.10 bits per heavy atom. The fourth-order valence-electron chi connectivity index (χ4n) is 2.73. The van der Waals surface area contributed by atoms with Crippen molar-refractivity contribution in [1.29, 1.82) is 0 Å². The number of halogens is 2. The van der Waals surface area contributed by atoms with Crippen molar-refractivity contribution < 1.29 is 9.50 Å². The van der Waals surface area contributed by atoms with Gasteiger partial charge in [-0.1, -0.05) is 33.6 Å². The highest BCUT2D eigenvalue weighted by Gasteiger charge is 2.16. The molecule has 3 heteroatoms. The molecule has 106 valence electrons. The van der Waals surface area contributed by atoms with Crippen molar-refractivity contribution >= 4 is 15.9 Å². The maximum atomic E-state index is 13.8. The highest BCUT2D eigenvalue weighted by atomic mass is 79.9. The van der Waals surface area contributed by atoms with E-state index in [0.29, 0.717) is 5.56 Å². The molecule has 2 aromatic rings. The predicted molar refractivity (Wildman–Crippen MR) is 83.4 cm³/mol. The van der Waals surface area contributed by atoms with E-state index in [-0.39, 0.29) is 12.2 Å². The summed E-state index contributed by atoms with van der Waals surface area (Å²) < 4.78 is 14.6. The molecule has 1 nitrogen and oxygen atoms in total. The number of hydrogen-bond acceptors (Lipinski definition) is 1. The van der Waals surface area contributed by atoms with Gasteiger partial charge in [-0.05, 0) is 61.2 Å². The van der Waals surface area contributed by atoms with E-state index >= 15 is 0 Å². The van der Waals surface area contributed by atoms with Crippen LogP contribution < -0.4 is 0 Å². The first-order valence-corrected chi connectivity index (χ1v) is 7.37. The molecule has 0 bridgehead atoms. The van der Waals surface area contributed by atoms with Gasteiger partial charge in [0, 0.05) is 10.9 Å². The number of hydrogen-bond donors (Lipinski definition) is 1. The fraction of sp³-hybridized carbons (Fsp3) is 0.294. The van der Waals surface area contributed by atoms with E-state index in [1.54, 1.807) is 12.1 Å². The zero-order chi connectivity index (χ0) is 14.9. The zero-order valence-electron chi connectivity index (χ0n) is 11.9. The Kier molecular flexibility index (Phi) is 4.61. The van der Waals surface area contributed by atoms with Crippen LogP contribution in [0.1, 0.15) is 33.9 Å². The van der Waals surface area contributed by atoms with Crippen molar-refractivity contribution in [1.82, 2.24) is 0 Å². The molecule has 0 amide bonds. The van der Waals surface area contributed by atoms with Crippen molar-refractivity contribution in [2.45, 2.75) is 33.3 Å². The van der Waals surface area contributed by atoms with Gasteiger partial charge in [0.15, 0.2) is 0 Å². The van der Waals surface area contributed by atoms with Crippen molar-refractivity contribution in [2.24, 2.45) is 0 Å². The van der Waals surface area contributed by atoms with Gasteiger partial charge in [-0.2, -0.15) is 0 Å². The van der Waals surface area contributed by atoms with E-state index in [9.17, 15) is 9.50 Å². The highest BCUT2D eigenvalue weighted by molar-refractivity contribution is 9.10. The summed E-state index contributed by atoms with van der Waals surface area (Å²) in [6, 6.07) is 8.89. The largest absolute Gasteiger partial charge is 0.388 e. The Labute approximate surface area is 127 Å². The summed E-state index contributed by atoms with van der Waals surface area (Å²) in [6.45, 7) is 6.00. The van der Waals surface area contributed by atoms with E-state index in [0.717, 1.165) is 21.2 Å². The molecule has 0 aliphatic carbocycles. The Bertz CT molecular complexity index is 614. The lowest BCUT2D eigenvalue weighted by Crippen LogP contribution is -2.08. The molecule has 0 fully saturated rings. The average molecular weight is 337 g/mol. The van der Waals surface area contributed by atoms with Gasteiger partial charge in [-0.25, -0.2) is 4.39 Å². The van der Waals surface area contributed by atoms with Gasteiger partial charge in [0.1, 0.15) is 5.82 Å². The van der Waals surface area contributed by atoms with Crippen LogP contribution in [-0.4, -0.2) is 5.11 Å². The molecule has 0 aliphatic rings. The summed E-state index contributed by atoms with van der Waals surface area (Å²) in [7, 11) is 0. The second kappa shape index (κ2) is 6.06. The van der Waals surface area contributed by atoms with Gasteiger partial charge in [0.05, 0.1) is 6.10 Å². The minimum absolute atomic E-state index is 0.274. The minimum atomic E-state index is -0.695. The molecule has 1 unspecified atom stereocenters. The number of aliphatic hydroxyl groups excluding tert-OH is 1.